The number of halogens is 2. The molecule has 29 heavy (non-hydrogen) atoms. The van der Waals surface area contributed by atoms with E-state index in [4.69, 9.17) is 13.9 Å². The lowest BCUT2D eigenvalue weighted by molar-refractivity contribution is -0.149. The summed E-state index contributed by atoms with van der Waals surface area (Å²) in [5, 5.41) is 2.71. The van der Waals surface area contributed by atoms with Gasteiger partial charge in [-0.15, -0.1) is 0 Å². The molecule has 9 heteroatoms. The Morgan fingerprint density at radius 2 is 1.79 bits per heavy atom. The number of esters is 1. The number of carbonyl (C=O) groups is 2. The largest absolute Gasteiger partial charge is 0.482 e. The number of hydrogen-bond acceptors (Lipinski definition) is 6. The van der Waals surface area contributed by atoms with Gasteiger partial charge in [-0.3, -0.25) is 4.79 Å². The van der Waals surface area contributed by atoms with Gasteiger partial charge in [0.2, 0.25) is 0 Å². The van der Waals surface area contributed by atoms with Crippen LogP contribution >= 0.6 is 0 Å². The van der Waals surface area contributed by atoms with Crippen LogP contribution in [0.4, 0.5) is 14.5 Å². The summed E-state index contributed by atoms with van der Waals surface area (Å²) >= 11 is 0. The molecule has 0 fully saturated rings. The van der Waals surface area contributed by atoms with E-state index in [9.17, 15) is 23.2 Å². The van der Waals surface area contributed by atoms with Gasteiger partial charge in [0.25, 0.3) is 5.91 Å². The number of fused-ring (bicyclic) bond motifs is 1. The Balaban J connectivity index is 1.53. The van der Waals surface area contributed by atoms with E-state index in [1.807, 2.05) is 5.32 Å². The third kappa shape index (κ3) is 4.95. The SMILES string of the molecule is Cc1cc(=O)oc2cc(OCC(=O)OCC(=O)Nc3c(F)cccc3F)ccc12. The number of carbonyl (C=O) groups excluding carboxylic acids is 2. The van der Waals surface area contributed by atoms with Crippen LogP contribution in [0, 0.1) is 18.6 Å². The van der Waals surface area contributed by atoms with Crippen LogP contribution in [0.5, 0.6) is 5.75 Å². The van der Waals surface area contributed by atoms with Crippen LogP contribution in [0.1, 0.15) is 5.56 Å². The van der Waals surface area contributed by atoms with Crippen molar-refractivity contribution < 1.29 is 32.3 Å². The smallest absolute Gasteiger partial charge is 0.344 e. The summed E-state index contributed by atoms with van der Waals surface area (Å²) in [7, 11) is 0. The van der Waals surface area contributed by atoms with Gasteiger partial charge < -0.3 is 19.2 Å². The lowest BCUT2D eigenvalue weighted by Crippen LogP contribution is -2.24. The summed E-state index contributed by atoms with van der Waals surface area (Å²) in [6.45, 7) is 0.486. The predicted molar refractivity (Wildman–Crippen MR) is 98.7 cm³/mol. The van der Waals surface area contributed by atoms with Crippen molar-refractivity contribution in [2.75, 3.05) is 18.5 Å². The van der Waals surface area contributed by atoms with Gasteiger partial charge in [-0.05, 0) is 36.8 Å². The Labute approximate surface area is 162 Å². The van der Waals surface area contributed by atoms with Crippen molar-refractivity contribution in [2.24, 2.45) is 0 Å². The zero-order chi connectivity index (χ0) is 21.0. The Hall–Kier alpha value is -3.75. The second kappa shape index (κ2) is 8.51. The van der Waals surface area contributed by atoms with E-state index in [-0.39, 0.29) is 5.75 Å². The highest BCUT2D eigenvalue weighted by Crippen LogP contribution is 2.22. The summed E-state index contributed by atoms with van der Waals surface area (Å²) in [6, 6.07) is 9.17. The van der Waals surface area contributed by atoms with Gasteiger partial charge in [-0.2, -0.15) is 0 Å². The monoisotopic (exact) mass is 403 g/mol. The van der Waals surface area contributed by atoms with E-state index >= 15 is 0 Å². The number of aryl methyl sites for hydroxylation is 1. The van der Waals surface area contributed by atoms with Gasteiger partial charge in [0.05, 0.1) is 0 Å². The Kier molecular flexibility index (Phi) is 5.87. The number of anilines is 1. The first-order valence-corrected chi connectivity index (χ1v) is 8.40. The van der Waals surface area contributed by atoms with Crippen molar-refractivity contribution in [1.82, 2.24) is 0 Å². The van der Waals surface area contributed by atoms with Gasteiger partial charge in [0.1, 0.15) is 28.7 Å². The minimum absolute atomic E-state index is 0.251. The molecule has 0 atom stereocenters. The maximum absolute atomic E-state index is 13.5. The number of hydrogen-bond donors (Lipinski definition) is 1. The molecule has 1 heterocycles. The average Bonchev–Trinajstić information content (AvgIpc) is 2.67. The number of nitrogens with one attached hydrogen (secondary N) is 1. The molecular weight excluding hydrogens is 388 g/mol. The van der Waals surface area contributed by atoms with Crippen molar-refractivity contribution in [1.29, 1.82) is 0 Å². The summed E-state index contributed by atoms with van der Waals surface area (Å²) in [6.07, 6.45) is 0. The fourth-order valence-electron chi connectivity index (χ4n) is 2.52. The van der Waals surface area contributed by atoms with Crippen LogP contribution in [-0.4, -0.2) is 25.1 Å². The van der Waals surface area contributed by atoms with Crippen molar-refractivity contribution in [3.05, 3.63) is 70.1 Å². The molecule has 1 N–H and O–H groups in total. The van der Waals surface area contributed by atoms with E-state index in [1.165, 1.54) is 12.1 Å². The molecule has 3 aromatic rings. The van der Waals surface area contributed by atoms with Crippen LogP contribution in [0.2, 0.25) is 0 Å². The predicted octanol–water partition coefficient (Wildman–Crippen LogP) is 2.94. The van der Waals surface area contributed by atoms with Crippen molar-refractivity contribution >= 4 is 28.5 Å². The molecule has 0 unspecified atom stereocenters. The molecule has 0 saturated carbocycles. The third-order valence-electron chi connectivity index (χ3n) is 3.87. The highest BCUT2D eigenvalue weighted by molar-refractivity contribution is 5.93. The van der Waals surface area contributed by atoms with Crippen molar-refractivity contribution in [3.8, 4) is 5.75 Å². The zero-order valence-corrected chi connectivity index (χ0v) is 15.2. The number of amides is 1. The van der Waals surface area contributed by atoms with Crippen molar-refractivity contribution in [3.63, 3.8) is 0 Å². The molecule has 0 radical (unpaired) electrons. The second-order valence-electron chi connectivity index (χ2n) is 6.00. The molecule has 0 aliphatic carbocycles. The Morgan fingerprint density at radius 3 is 2.52 bits per heavy atom. The summed E-state index contributed by atoms with van der Waals surface area (Å²) < 4.78 is 42.0. The van der Waals surface area contributed by atoms with Crippen LogP contribution in [0.25, 0.3) is 11.0 Å². The molecular formula is C20H15F2NO6. The molecule has 150 valence electrons. The first-order valence-electron chi connectivity index (χ1n) is 8.40. The van der Waals surface area contributed by atoms with Gasteiger partial charge in [0.15, 0.2) is 13.2 Å². The summed E-state index contributed by atoms with van der Waals surface area (Å²) in [5.41, 5.74) is -0.103. The third-order valence-corrected chi connectivity index (χ3v) is 3.87. The fraction of sp³-hybridized carbons (Fsp3) is 0.150. The standard InChI is InChI=1S/C20H15F2NO6/c1-11-7-18(25)29-16-8-12(5-6-13(11)16)27-10-19(26)28-9-17(24)23-20-14(21)3-2-4-15(20)22/h2-8H,9-10H2,1H3,(H,23,24). The molecule has 1 amide bonds. The lowest BCUT2D eigenvalue weighted by Gasteiger charge is -2.09. The van der Waals surface area contributed by atoms with E-state index in [1.54, 1.807) is 19.1 Å². The maximum atomic E-state index is 13.5. The zero-order valence-electron chi connectivity index (χ0n) is 15.2. The molecule has 0 aliphatic rings. The average molecular weight is 403 g/mol. The van der Waals surface area contributed by atoms with Crippen LogP contribution in [0.15, 0.2) is 51.7 Å². The first-order chi connectivity index (χ1) is 13.8. The number of benzene rings is 2. The molecule has 0 saturated heterocycles. The van der Waals surface area contributed by atoms with E-state index < -0.39 is 48.0 Å². The molecule has 2 aromatic carbocycles. The van der Waals surface area contributed by atoms with Crippen LogP contribution < -0.4 is 15.7 Å². The molecule has 0 spiro atoms. The fourth-order valence-corrected chi connectivity index (χ4v) is 2.52. The number of para-hydroxylation sites is 1. The van der Waals surface area contributed by atoms with Gasteiger partial charge in [-0.25, -0.2) is 18.4 Å². The van der Waals surface area contributed by atoms with Gasteiger partial charge in [-0.1, -0.05) is 6.07 Å². The van der Waals surface area contributed by atoms with E-state index in [0.717, 1.165) is 29.1 Å². The van der Waals surface area contributed by atoms with E-state index in [0.29, 0.717) is 5.58 Å². The summed E-state index contributed by atoms with van der Waals surface area (Å²) in [5.74, 6) is -3.44. The maximum Gasteiger partial charge on any atom is 0.344 e. The normalized spacial score (nSPS) is 10.6. The number of rotatable bonds is 6. The highest BCUT2D eigenvalue weighted by atomic mass is 19.1. The first kappa shape index (κ1) is 20.0. The van der Waals surface area contributed by atoms with E-state index in [2.05, 4.69) is 0 Å². The van der Waals surface area contributed by atoms with Crippen molar-refractivity contribution in [2.45, 2.75) is 6.92 Å². The van der Waals surface area contributed by atoms with Gasteiger partial charge in [0, 0.05) is 17.5 Å². The topological polar surface area (TPSA) is 94.8 Å². The van der Waals surface area contributed by atoms with Gasteiger partial charge >= 0.3 is 11.6 Å². The molecule has 3 rings (SSSR count). The highest BCUT2D eigenvalue weighted by Gasteiger charge is 2.14. The van der Waals surface area contributed by atoms with Crippen LogP contribution in [0.3, 0.4) is 0 Å². The molecule has 0 aliphatic heterocycles. The Morgan fingerprint density at radius 1 is 1.07 bits per heavy atom. The quantitative estimate of drug-likeness (QED) is 0.502. The lowest BCUT2D eigenvalue weighted by atomic mass is 10.1. The minimum Gasteiger partial charge on any atom is -0.482 e. The van der Waals surface area contributed by atoms with Crippen LogP contribution in [-0.2, 0) is 14.3 Å². The second-order valence-corrected chi connectivity index (χ2v) is 6.00. The summed E-state index contributed by atoms with van der Waals surface area (Å²) in [4.78, 5) is 34.9. The molecule has 0 bridgehead atoms. The Bertz CT molecular complexity index is 1120. The number of ether oxygens (including phenoxy) is 2. The molecule has 1 aromatic heterocycles. The minimum atomic E-state index is -0.953. The molecule has 7 nitrogen and oxygen atoms in total.